The third-order valence-corrected chi connectivity index (χ3v) is 12.4. The van der Waals surface area contributed by atoms with Gasteiger partial charge in [-0.25, -0.2) is 4.79 Å². The molecule has 1 N–H and O–H groups in total. The lowest BCUT2D eigenvalue weighted by Gasteiger charge is -2.49. The first-order chi connectivity index (χ1) is 25.5. The first kappa shape index (κ1) is 31.3. The Balaban J connectivity index is 1.06. The van der Waals surface area contributed by atoms with E-state index in [0.717, 1.165) is 53.5 Å². The highest BCUT2D eigenvalue weighted by molar-refractivity contribution is 14.1. The molecule has 0 spiro atoms. The average molecular weight is 797 g/mol. The second kappa shape index (κ2) is 11.8. The molecule has 6 aromatic rings. The minimum Gasteiger partial charge on any atom is -0.449 e. The largest absolute Gasteiger partial charge is 0.449 e. The van der Waals surface area contributed by atoms with E-state index in [-0.39, 0.29) is 30.8 Å². The summed E-state index contributed by atoms with van der Waals surface area (Å²) in [5.74, 6) is -0.527. The van der Waals surface area contributed by atoms with Crippen molar-refractivity contribution >= 4 is 57.1 Å². The van der Waals surface area contributed by atoms with Gasteiger partial charge < -0.3 is 19.5 Å². The van der Waals surface area contributed by atoms with Crippen LogP contribution >= 0.6 is 22.6 Å². The number of amides is 3. The smallest absolute Gasteiger partial charge is 0.407 e. The van der Waals surface area contributed by atoms with Crippen LogP contribution in [0.2, 0.25) is 0 Å². The molecule has 5 aromatic carbocycles. The summed E-state index contributed by atoms with van der Waals surface area (Å²) in [6.07, 6.45) is 1.45. The van der Waals surface area contributed by atoms with E-state index in [9.17, 15) is 14.4 Å². The Morgan fingerprint density at radius 2 is 1.44 bits per heavy atom. The minimum atomic E-state index is -0.956. The van der Waals surface area contributed by atoms with Gasteiger partial charge in [0.2, 0.25) is 5.91 Å². The van der Waals surface area contributed by atoms with Gasteiger partial charge in [0.05, 0.1) is 11.2 Å². The summed E-state index contributed by atoms with van der Waals surface area (Å²) in [5.41, 5.74) is 7.31. The number of halogens is 1. The molecule has 9 heteroatoms. The van der Waals surface area contributed by atoms with Gasteiger partial charge in [-0.1, -0.05) is 115 Å². The van der Waals surface area contributed by atoms with Crippen molar-refractivity contribution in [2.45, 2.75) is 42.5 Å². The Morgan fingerprint density at radius 1 is 0.788 bits per heavy atom. The molecule has 0 radical (unpaired) electrons. The molecule has 1 aromatic heterocycles. The van der Waals surface area contributed by atoms with Gasteiger partial charge in [0.1, 0.15) is 30.4 Å². The monoisotopic (exact) mass is 796 g/mol. The molecule has 2 saturated heterocycles. The number of rotatable bonds is 6. The minimum absolute atomic E-state index is 0.119. The molecule has 0 bridgehead atoms. The highest BCUT2D eigenvalue weighted by Gasteiger charge is 2.68. The van der Waals surface area contributed by atoms with Crippen LogP contribution in [-0.2, 0) is 26.3 Å². The first-order valence-electron chi connectivity index (χ1n) is 17.6. The number of para-hydroxylation sites is 2. The van der Waals surface area contributed by atoms with Crippen molar-refractivity contribution in [2.24, 2.45) is 0 Å². The second-order valence-corrected chi connectivity index (χ2v) is 15.2. The lowest BCUT2D eigenvalue weighted by molar-refractivity contribution is -0.144. The van der Waals surface area contributed by atoms with Crippen LogP contribution < -0.4 is 10.2 Å². The fourth-order valence-corrected chi connectivity index (χ4v) is 10.1. The number of aromatic nitrogens is 1. The number of hydrogen-bond acceptors (Lipinski definition) is 4. The lowest BCUT2D eigenvalue weighted by Crippen LogP contribution is -2.67. The SMILES string of the molecule is O=C(N[C@H]1C[C@@]2(n3cc(I)c4ccccc43)c3ccccc3N3C(=O)[C@H](Cc4ccccc4)N(C1=O)[C@H]32)OCC1c2ccccc2-c2ccccc21. The lowest BCUT2D eigenvalue weighted by atomic mass is 9.78. The average Bonchev–Trinajstić information content (AvgIpc) is 3.87. The summed E-state index contributed by atoms with van der Waals surface area (Å²) >= 11 is 2.36. The van der Waals surface area contributed by atoms with E-state index >= 15 is 0 Å². The zero-order valence-corrected chi connectivity index (χ0v) is 30.1. The fraction of sp³-hybridized carbons (Fsp3) is 0.186. The van der Waals surface area contributed by atoms with Crippen molar-refractivity contribution in [3.63, 3.8) is 0 Å². The van der Waals surface area contributed by atoms with Crippen LogP contribution in [0, 0.1) is 3.57 Å². The van der Waals surface area contributed by atoms with E-state index < -0.39 is 29.9 Å². The van der Waals surface area contributed by atoms with E-state index in [1.807, 2.05) is 89.8 Å². The summed E-state index contributed by atoms with van der Waals surface area (Å²) < 4.78 is 9.31. The van der Waals surface area contributed by atoms with Gasteiger partial charge in [0.25, 0.3) is 5.91 Å². The summed E-state index contributed by atoms with van der Waals surface area (Å²) in [5, 5.41) is 4.10. The predicted molar refractivity (Wildman–Crippen MR) is 207 cm³/mol. The van der Waals surface area contributed by atoms with Crippen LogP contribution in [0.15, 0.2) is 134 Å². The van der Waals surface area contributed by atoms with Gasteiger partial charge >= 0.3 is 6.09 Å². The summed E-state index contributed by atoms with van der Waals surface area (Å²) in [6, 6.07) is 40.7. The quantitative estimate of drug-likeness (QED) is 0.178. The third-order valence-electron chi connectivity index (χ3n) is 11.5. The van der Waals surface area contributed by atoms with Crippen molar-refractivity contribution in [3.8, 4) is 11.1 Å². The topological polar surface area (TPSA) is 83.9 Å². The Bertz CT molecular complexity index is 2400. The Labute approximate surface area is 314 Å². The van der Waals surface area contributed by atoms with Crippen molar-refractivity contribution < 1.29 is 19.1 Å². The van der Waals surface area contributed by atoms with Crippen molar-refractivity contribution in [3.05, 3.63) is 159 Å². The molecule has 10 rings (SSSR count). The van der Waals surface area contributed by atoms with Gasteiger partial charge in [-0.15, -0.1) is 0 Å². The van der Waals surface area contributed by atoms with E-state index in [4.69, 9.17) is 4.74 Å². The van der Waals surface area contributed by atoms with Crippen LogP contribution in [-0.4, -0.2) is 52.2 Å². The van der Waals surface area contributed by atoms with Crippen molar-refractivity contribution in [2.75, 3.05) is 11.5 Å². The van der Waals surface area contributed by atoms with Crippen molar-refractivity contribution in [1.82, 2.24) is 14.8 Å². The number of ether oxygens (including phenoxy) is 1. The molecule has 3 amide bonds. The molecule has 4 heterocycles. The van der Waals surface area contributed by atoms with Gasteiger partial charge in [0, 0.05) is 39.5 Å². The van der Waals surface area contributed by atoms with E-state index in [1.165, 1.54) is 0 Å². The Hall–Kier alpha value is -5.42. The molecule has 2 fully saturated rings. The number of carbonyl (C=O) groups excluding carboxylic acids is 3. The Morgan fingerprint density at radius 3 is 2.21 bits per heavy atom. The van der Waals surface area contributed by atoms with Gasteiger partial charge in [-0.2, -0.15) is 0 Å². The highest BCUT2D eigenvalue weighted by Crippen LogP contribution is 2.57. The number of hydrogen-bond donors (Lipinski definition) is 1. The number of piperidine rings is 1. The number of nitrogens with zero attached hydrogens (tertiary/aromatic N) is 3. The zero-order valence-electron chi connectivity index (χ0n) is 28.0. The highest BCUT2D eigenvalue weighted by atomic mass is 127. The third kappa shape index (κ3) is 4.41. The predicted octanol–water partition coefficient (Wildman–Crippen LogP) is 7.43. The molecule has 8 nitrogen and oxygen atoms in total. The molecule has 256 valence electrons. The molecular weight excluding hydrogens is 763 g/mol. The second-order valence-electron chi connectivity index (χ2n) is 14.1. The van der Waals surface area contributed by atoms with Gasteiger partial charge in [-0.3, -0.25) is 14.5 Å². The van der Waals surface area contributed by atoms with Crippen molar-refractivity contribution in [1.29, 1.82) is 0 Å². The maximum absolute atomic E-state index is 14.9. The van der Waals surface area contributed by atoms with Gasteiger partial charge in [-0.05, 0) is 62.5 Å². The number of alkyl carbamates (subject to hydrolysis) is 1. The number of carbonyl (C=O) groups is 3. The van der Waals surface area contributed by atoms with Crippen LogP contribution in [0.4, 0.5) is 10.5 Å². The molecule has 4 atom stereocenters. The van der Waals surface area contributed by atoms with Crippen LogP contribution in [0.3, 0.4) is 0 Å². The van der Waals surface area contributed by atoms with Crippen LogP contribution in [0.25, 0.3) is 22.0 Å². The maximum Gasteiger partial charge on any atom is 0.407 e. The van der Waals surface area contributed by atoms with Crippen LogP contribution in [0.1, 0.15) is 34.6 Å². The molecule has 1 aliphatic carbocycles. The van der Waals surface area contributed by atoms with Crippen LogP contribution in [0.5, 0.6) is 0 Å². The molecule has 0 saturated carbocycles. The van der Waals surface area contributed by atoms with E-state index in [1.54, 1.807) is 4.90 Å². The molecule has 3 aliphatic heterocycles. The Kier molecular flexibility index (Phi) is 7.11. The zero-order chi connectivity index (χ0) is 35.1. The molecule has 4 aliphatic rings. The summed E-state index contributed by atoms with van der Waals surface area (Å²) in [4.78, 5) is 47.0. The standard InChI is InChI=1S/C43H33IN4O4/c44-34-24-46(36-20-10-8-18-31(34)36)43-23-35(45-42(51)52-25-32-29-16-6-4-14-27(29)28-15-5-7-17-30(28)32)39(49)48-38(22-26-12-2-1-3-13-26)40(50)47(41(43)48)37-21-11-9-19-33(37)43/h1-21,24,32,35,38,41H,22-23,25H2,(H,45,51)/t35-,38-,41-,43+/m0/s1. The molecule has 52 heavy (non-hydrogen) atoms. The normalized spacial score (nSPS) is 22.7. The van der Waals surface area contributed by atoms with E-state index in [0.29, 0.717) is 6.42 Å². The number of fused-ring (bicyclic) bond motifs is 7. The summed E-state index contributed by atoms with van der Waals surface area (Å²) in [7, 11) is 0. The maximum atomic E-state index is 14.9. The summed E-state index contributed by atoms with van der Waals surface area (Å²) in [6.45, 7) is 0.129. The fourth-order valence-electron chi connectivity index (χ4n) is 9.38. The molecule has 0 unspecified atom stereocenters. The number of nitrogens with one attached hydrogen (secondary N) is 1. The van der Waals surface area contributed by atoms with E-state index in [2.05, 4.69) is 81.1 Å². The number of anilines is 1. The van der Waals surface area contributed by atoms with Gasteiger partial charge in [0.15, 0.2) is 0 Å². The number of benzene rings is 5. The first-order valence-corrected chi connectivity index (χ1v) is 18.7. The molecular formula is C43H33IN4O4.